The van der Waals surface area contributed by atoms with Gasteiger partial charge in [-0.2, -0.15) is 0 Å². The predicted molar refractivity (Wildman–Crippen MR) is 237 cm³/mol. The summed E-state index contributed by atoms with van der Waals surface area (Å²) in [6.45, 7) is 49.7. The Hall–Kier alpha value is -0.240. The lowest BCUT2D eigenvalue weighted by molar-refractivity contribution is -0.128. The molecular weight excluding hydrogens is 709 g/mol. The molecule has 0 aromatic carbocycles. The molecule has 4 aliphatic rings. The van der Waals surface area contributed by atoms with Gasteiger partial charge in [0.1, 0.15) is 0 Å². The zero-order valence-corrected chi connectivity index (χ0v) is 40.7. The van der Waals surface area contributed by atoms with E-state index >= 15 is 0 Å². The third-order valence-electron chi connectivity index (χ3n) is 19.7. The first-order chi connectivity index (χ1) is 26.8. The Labute approximate surface area is 354 Å². The summed E-state index contributed by atoms with van der Waals surface area (Å²) < 4.78 is 39.5. The van der Waals surface area contributed by atoms with E-state index in [2.05, 4.69) is 125 Å². The van der Waals surface area contributed by atoms with E-state index in [-0.39, 0.29) is 0 Å². The number of rotatable bonds is 18. The number of ether oxygens (including phenoxy) is 6. The van der Waals surface area contributed by atoms with Crippen LogP contribution in [-0.2, 0) is 28.4 Å². The largest absolute Gasteiger partial charge is 0.379 e. The molecule has 0 aromatic heterocycles. The molecule has 0 saturated heterocycles. The molecule has 12 atom stereocenters. The van der Waals surface area contributed by atoms with E-state index in [1.165, 1.54) is 0 Å². The van der Waals surface area contributed by atoms with Crippen molar-refractivity contribution in [3.63, 3.8) is 0 Å². The Morgan fingerprint density at radius 1 is 0.211 bits per heavy atom. The monoisotopic (exact) mass is 805 g/mol. The molecule has 0 spiro atoms. The molecule has 0 heterocycles. The molecule has 0 bridgehead atoms. The average Bonchev–Trinajstić information content (AvgIpc) is 3.19. The van der Waals surface area contributed by atoms with E-state index < -0.39 is 0 Å². The molecule has 4 rings (SSSR count). The summed E-state index contributed by atoms with van der Waals surface area (Å²) in [6.07, 6.45) is 0.914. The Morgan fingerprint density at radius 3 is 0.579 bits per heavy atom. The van der Waals surface area contributed by atoms with Crippen molar-refractivity contribution in [2.24, 2.45) is 124 Å². The molecule has 0 radical (unpaired) electrons. The molecule has 0 aromatic rings. The van der Waals surface area contributed by atoms with E-state index in [1.54, 1.807) is 0 Å². The maximum Gasteiger partial charge on any atom is 0.0704 e. The van der Waals surface area contributed by atoms with Crippen LogP contribution < -0.4 is 0 Å². The van der Waals surface area contributed by atoms with Crippen LogP contribution in [0.4, 0.5) is 0 Å². The van der Waals surface area contributed by atoms with Gasteiger partial charge in [-0.25, -0.2) is 0 Å². The molecule has 4 saturated carbocycles. The van der Waals surface area contributed by atoms with Gasteiger partial charge in [-0.3, -0.25) is 0 Å². The van der Waals surface area contributed by atoms with E-state index in [4.69, 9.17) is 28.4 Å². The van der Waals surface area contributed by atoms with Crippen molar-refractivity contribution in [1.82, 2.24) is 0 Å². The lowest BCUT2D eigenvalue weighted by Gasteiger charge is -2.49. The molecule has 336 valence electrons. The zero-order valence-electron chi connectivity index (χ0n) is 40.7. The zero-order chi connectivity index (χ0) is 42.5. The Bertz CT molecular complexity index is 951. The van der Waals surface area contributed by atoms with Gasteiger partial charge < -0.3 is 28.4 Å². The second-order valence-electron chi connectivity index (χ2n) is 21.7. The maximum absolute atomic E-state index is 6.61. The van der Waals surface area contributed by atoms with Crippen molar-refractivity contribution in [1.29, 1.82) is 0 Å². The molecule has 4 aliphatic carbocycles. The van der Waals surface area contributed by atoms with Gasteiger partial charge in [0.05, 0.1) is 77.8 Å². The molecule has 6 nitrogen and oxygen atoms in total. The molecule has 0 N–H and O–H groups in total. The van der Waals surface area contributed by atoms with E-state index in [0.29, 0.717) is 164 Å². The smallest absolute Gasteiger partial charge is 0.0704 e. The molecule has 12 unspecified atom stereocenters. The van der Waals surface area contributed by atoms with Gasteiger partial charge in [-0.1, -0.05) is 125 Å². The fraction of sp³-hybridized carbons (Fsp3) is 1.00. The van der Waals surface area contributed by atoms with Gasteiger partial charge in [0, 0.05) is 0 Å². The Morgan fingerprint density at radius 2 is 0.386 bits per heavy atom. The van der Waals surface area contributed by atoms with Gasteiger partial charge in [0.25, 0.3) is 0 Å². The van der Waals surface area contributed by atoms with Gasteiger partial charge in [0.15, 0.2) is 0 Å². The predicted octanol–water partition coefficient (Wildman–Crippen LogP) is 11.5. The minimum Gasteiger partial charge on any atom is -0.379 e. The molecule has 57 heavy (non-hydrogen) atoms. The van der Waals surface area contributed by atoms with Crippen LogP contribution in [0.1, 0.15) is 125 Å². The quantitative estimate of drug-likeness (QED) is 0.129. The van der Waals surface area contributed by atoms with Crippen molar-refractivity contribution in [2.45, 2.75) is 143 Å². The molecule has 6 heteroatoms. The van der Waals surface area contributed by atoms with Crippen molar-refractivity contribution in [2.75, 3.05) is 59.5 Å². The fourth-order valence-corrected chi connectivity index (χ4v) is 13.1. The van der Waals surface area contributed by atoms with Gasteiger partial charge in [0.2, 0.25) is 0 Å². The van der Waals surface area contributed by atoms with Crippen molar-refractivity contribution in [3.05, 3.63) is 0 Å². The van der Waals surface area contributed by atoms with Gasteiger partial charge in [-0.15, -0.1) is 0 Å². The maximum atomic E-state index is 6.61. The third-order valence-corrected chi connectivity index (χ3v) is 19.7. The lowest BCUT2D eigenvalue weighted by Crippen LogP contribution is -2.48. The lowest BCUT2D eigenvalue weighted by atomic mass is 9.58. The summed E-state index contributed by atoms with van der Waals surface area (Å²) in [5.41, 5.74) is 0. The Kier molecular flexibility index (Phi) is 19.3. The summed E-state index contributed by atoms with van der Waals surface area (Å²) in [7, 11) is 0. The Balaban J connectivity index is 1.32. The van der Waals surface area contributed by atoms with E-state index in [0.717, 1.165) is 37.6 Å². The third kappa shape index (κ3) is 11.2. The highest BCUT2D eigenvalue weighted by atomic mass is 16.5. The van der Waals surface area contributed by atoms with Crippen molar-refractivity contribution in [3.8, 4) is 0 Å². The van der Waals surface area contributed by atoms with Crippen LogP contribution in [0.2, 0.25) is 0 Å². The SMILES string of the molecule is CC1C(C)C(C)C(OCCOCC2C(C)C(COCCOC3C(C)C(C)C(C)C(C)C3C)C(C)C(COCCOC3C(C)C(C)C(C)C(C)C3C)C2C)C(C)C1C. The minimum atomic E-state index is 0.305. The van der Waals surface area contributed by atoms with Crippen molar-refractivity contribution >= 4 is 0 Å². The van der Waals surface area contributed by atoms with Crippen LogP contribution in [0.25, 0.3) is 0 Å². The molecule has 4 fully saturated rings. The second-order valence-corrected chi connectivity index (χ2v) is 21.7. The summed E-state index contributed by atoms with van der Waals surface area (Å²) in [6, 6.07) is 0. The first-order valence-electron chi connectivity index (χ1n) is 24.4. The first-order valence-corrected chi connectivity index (χ1v) is 24.4. The molecule has 0 amide bonds. The summed E-state index contributed by atoms with van der Waals surface area (Å²) >= 11 is 0. The fourth-order valence-electron chi connectivity index (χ4n) is 13.1. The van der Waals surface area contributed by atoms with Crippen LogP contribution in [-0.4, -0.2) is 77.8 Å². The average molecular weight is 805 g/mol. The van der Waals surface area contributed by atoms with Gasteiger partial charge >= 0.3 is 0 Å². The highest BCUT2D eigenvalue weighted by Crippen LogP contribution is 2.48. The summed E-state index contributed by atoms with van der Waals surface area (Å²) in [5, 5.41) is 0. The first kappa shape index (κ1) is 49.4. The number of hydrogen-bond donors (Lipinski definition) is 0. The van der Waals surface area contributed by atoms with E-state index in [9.17, 15) is 0 Å². The minimum absolute atomic E-state index is 0.305. The van der Waals surface area contributed by atoms with Crippen LogP contribution in [0.5, 0.6) is 0 Å². The van der Waals surface area contributed by atoms with Gasteiger partial charge in [-0.05, 0) is 124 Å². The van der Waals surface area contributed by atoms with Crippen LogP contribution >= 0.6 is 0 Å². The number of hydrogen-bond acceptors (Lipinski definition) is 6. The second kappa shape index (κ2) is 22.2. The molecule has 0 aliphatic heterocycles. The molecular formula is C51H96O6. The highest BCUT2D eigenvalue weighted by Gasteiger charge is 2.47. The highest BCUT2D eigenvalue weighted by molar-refractivity contribution is 4.94. The topological polar surface area (TPSA) is 55.4 Å². The van der Waals surface area contributed by atoms with Crippen LogP contribution in [0, 0.1) is 124 Å². The van der Waals surface area contributed by atoms with Crippen molar-refractivity contribution < 1.29 is 28.4 Å². The van der Waals surface area contributed by atoms with Crippen LogP contribution in [0.15, 0.2) is 0 Å². The summed E-state index contributed by atoms with van der Waals surface area (Å²) in [4.78, 5) is 0. The standard InChI is InChI=1S/C51H96O6/c1-28-31(4)37(10)49(38(11)32(28)5)55-22-19-52-25-46-43(16)47(26-53-20-23-56-50-39(12)33(6)29(2)34(7)40(50)13)45(18)48(44(46)17)27-54-21-24-57-51-41(14)35(8)30(3)36(9)42(51)15/h28-51H,19-27H2,1-18H3. The van der Waals surface area contributed by atoms with E-state index in [1.807, 2.05) is 0 Å². The summed E-state index contributed by atoms with van der Waals surface area (Å²) in [5.74, 6) is 12.4. The normalized spacial score (nSPS) is 49.6. The van der Waals surface area contributed by atoms with Crippen LogP contribution in [0.3, 0.4) is 0 Å².